The van der Waals surface area contributed by atoms with Crippen LogP contribution < -0.4 is 0 Å². The summed E-state index contributed by atoms with van der Waals surface area (Å²) in [7, 11) is 0. The van der Waals surface area contributed by atoms with E-state index in [0.29, 0.717) is 11.3 Å². The van der Waals surface area contributed by atoms with Crippen LogP contribution in [0, 0.1) is 30.1 Å². The van der Waals surface area contributed by atoms with Crippen LogP contribution in [0.5, 0.6) is 0 Å². The Morgan fingerprint density at radius 3 is 2.10 bits per heavy atom. The van der Waals surface area contributed by atoms with Gasteiger partial charge in [-0.25, -0.2) is 4.68 Å². The number of aromatic nitrogens is 2. The molecule has 1 aromatic heterocycles. The van der Waals surface area contributed by atoms with Gasteiger partial charge in [0.25, 0.3) is 5.91 Å². The van der Waals surface area contributed by atoms with Gasteiger partial charge in [-0.1, -0.05) is 0 Å². The molecule has 0 spiro atoms. The summed E-state index contributed by atoms with van der Waals surface area (Å²) in [6.07, 6.45) is 8.62. The lowest BCUT2D eigenvalue weighted by atomic mass is 9.49. The van der Waals surface area contributed by atoms with Crippen molar-refractivity contribution in [2.75, 3.05) is 0 Å². The molecule has 0 saturated heterocycles. The molecule has 0 radical (unpaired) electrons. The van der Waals surface area contributed by atoms with Gasteiger partial charge >= 0.3 is 0 Å². The Morgan fingerprint density at radius 2 is 1.67 bits per heavy atom. The molecule has 21 heavy (non-hydrogen) atoms. The second kappa shape index (κ2) is 4.28. The molecule has 4 bridgehead atoms. The summed E-state index contributed by atoms with van der Waals surface area (Å²) in [4.78, 5) is 24.7. The maximum Gasteiger partial charge on any atom is 0.253 e. The van der Waals surface area contributed by atoms with E-state index in [1.165, 1.54) is 30.9 Å². The molecular weight excluding hydrogens is 264 g/mol. The highest BCUT2D eigenvalue weighted by Gasteiger charge is 2.55. The van der Waals surface area contributed by atoms with Crippen molar-refractivity contribution in [3.63, 3.8) is 0 Å². The third-order valence-electron chi connectivity index (χ3n) is 6.07. The van der Waals surface area contributed by atoms with E-state index in [9.17, 15) is 9.59 Å². The summed E-state index contributed by atoms with van der Waals surface area (Å²) in [5.74, 6) is 2.35. The normalized spacial score (nSPS) is 37.0. The third-order valence-corrected chi connectivity index (χ3v) is 6.07. The monoisotopic (exact) mass is 286 g/mol. The lowest BCUT2D eigenvalue weighted by Gasteiger charge is -2.55. The number of carbonyl (C=O) groups is 2. The van der Waals surface area contributed by atoms with E-state index in [1.54, 1.807) is 6.20 Å². The van der Waals surface area contributed by atoms with Gasteiger partial charge in [0.15, 0.2) is 5.78 Å². The van der Waals surface area contributed by atoms with Crippen molar-refractivity contribution in [1.29, 1.82) is 0 Å². The maximum absolute atomic E-state index is 13.1. The molecule has 0 N–H and O–H groups in total. The Hall–Kier alpha value is -1.45. The molecule has 0 amide bonds. The molecule has 4 aliphatic rings. The van der Waals surface area contributed by atoms with Gasteiger partial charge in [0.1, 0.15) is 0 Å². The van der Waals surface area contributed by atoms with E-state index >= 15 is 0 Å². The molecule has 4 nitrogen and oxygen atoms in total. The first kappa shape index (κ1) is 13.2. The molecule has 4 saturated carbocycles. The highest BCUT2D eigenvalue weighted by molar-refractivity contribution is 5.96. The summed E-state index contributed by atoms with van der Waals surface area (Å²) in [6, 6.07) is 0. The maximum atomic E-state index is 13.1. The number of Topliss-reactive ketones (excluding diaryl/α,β-unsaturated/α-hetero) is 1. The Labute approximate surface area is 124 Å². The van der Waals surface area contributed by atoms with Gasteiger partial charge < -0.3 is 0 Å². The summed E-state index contributed by atoms with van der Waals surface area (Å²) >= 11 is 0. The predicted molar refractivity (Wildman–Crippen MR) is 78.2 cm³/mol. The summed E-state index contributed by atoms with van der Waals surface area (Å²) < 4.78 is 1.52. The first-order valence-corrected chi connectivity index (χ1v) is 8.09. The zero-order chi connectivity index (χ0) is 14.8. The van der Waals surface area contributed by atoms with Crippen LogP contribution in [-0.4, -0.2) is 21.5 Å². The fourth-order valence-corrected chi connectivity index (χ4v) is 5.56. The SMILES string of the molecule is CC(=O)c1cnn(C(=O)C23CC4CC(CC(C4)C2)C3)c1C. The largest absolute Gasteiger partial charge is 0.294 e. The van der Waals surface area contributed by atoms with Gasteiger partial charge in [-0.15, -0.1) is 0 Å². The second-order valence-corrected chi connectivity index (χ2v) is 7.61. The zero-order valence-corrected chi connectivity index (χ0v) is 12.8. The van der Waals surface area contributed by atoms with Crippen molar-refractivity contribution in [3.05, 3.63) is 17.5 Å². The van der Waals surface area contributed by atoms with E-state index in [0.717, 1.165) is 37.0 Å². The van der Waals surface area contributed by atoms with Gasteiger partial charge in [-0.3, -0.25) is 9.59 Å². The van der Waals surface area contributed by atoms with E-state index < -0.39 is 0 Å². The molecule has 4 heteroatoms. The van der Waals surface area contributed by atoms with E-state index in [2.05, 4.69) is 5.10 Å². The lowest BCUT2D eigenvalue weighted by Crippen LogP contribution is -2.51. The molecule has 0 aliphatic heterocycles. The summed E-state index contributed by atoms with van der Waals surface area (Å²) in [6.45, 7) is 3.37. The van der Waals surface area contributed by atoms with Crippen LogP contribution in [-0.2, 0) is 0 Å². The summed E-state index contributed by atoms with van der Waals surface area (Å²) in [5.41, 5.74) is 1.09. The van der Waals surface area contributed by atoms with Crippen LogP contribution in [0.15, 0.2) is 6.20 Å². The third kappa shape index (κ3) is 1.84. The average Bonchev–Trinajstić information content (AvgIpc) is 2.78. The van der Waals surface area contributed by atoms with Crippen LogP contribution in [0.1, 0.15) is 66.3 Å². The van der Waals surface area contributed by atoms with Crippen molar-refractivity contribution < 1.29 is 9.59 Å². The fourth-order valence-electron chi connectivity index (χ4n) is 5.56. The molecule has 1 heterocycles. The Kier molecular flexibility index (Phi) is 2.69. The molecule has 1 aromatic rings. The second-order valence-electron chi connectivity index (χ2n) is 7.61. The molecule has 4 aliphatic carbocycles. The molecular formula is C17H22N2O2. The van der Waals surface area contributed by atoms with Crippen LogP contribution in [0.25, 0.3) is 0 Å². The quantitative estimate of drug-likeness (QED) is 0.784. The highest BCUT2D eigenvalue weighted by Crippen LogP contribution is 2.60. The van der Waals surface area contributed by atoms with E-state index in [4.69, 9.17) is 0 Å². The molecule has 4 fully saturated rings. The number of rotatable bonds is 2. The van der Waals surface area contributed by atoms with Gasteiger partial charge in [0.2, 0.25) is 0 Å². The van der Waals surface area contributed by atoms with Crippen molar-refractivity contribution in [1.82, 2.24) is 9.78 Å². The summed E-state index contributed by atoms with van der Waals surface area (Å²) in [5, 5.41) is 4.24. The van der Waals surface area contributed by atoms with E-state index in [-0.39, 0.29) is 17.1 Å². The molecule has 5 rings (SSSR count). The first-order valence-electron chi connectivity index (χ1n) is 8.09. The molecule has 0 atom stereocenters. The minimum Gasteiger partial charge on any atom is -0.294 e. The predicted octanol–water partition coefficient (Wildman–Crippen LogP) is 3.25. The number of ketones is 1. The van der Waals surface area contributed by atoms with Crippen LogP contribution >= 0.6 is 0 Å². The van der Waals surface area contributed by atoms with Crippen LogP contribution in [0.4, 0.5) is 0 Å². The fraction of sp³-hybridized carbons (Fsp3) is 0.706. The highest BCUT2D eigenvalue weighted by atomic mass is 16.2. The molecule has 0 aromatic carbocycles. The lowest BCUT2D eigenvalue weighted by molar-refractivity contribution is -0.0410. The van der Waals surface area contributed by atoms with Crippen molar-refractivity contribution in [2.45, 2.75) is 52.4 Å². The average molecular weight is 286 g/mol. The number of nitrogens with zero attached hydrogens (tertiary/aromatic N) is 2. The van der Waals surface area contributed by atoms with Crippen molar-refractivity contribution in [3.8, 4) is 0 Å². The van der Waals surface area contributed by atoms with E-state index in [1.807, 2.05) is 6.92 Å². The first-order chi connectivity index (χ1) is 9.98. The Morgan fingerprint density at radius 1 is 1.14 bits per heavy atom. The van der Waals surface area contributed by atoms with Crippen molar-refractivity contribution in [2.24, 2.45) is 23.2 Å². The van der Waals surface area contributed by atoms with Crippen LogP contribution in [0.2, 0.25) is 0 Å². The molecule has 112 valence electrons. The van der Waals surface area contributed by atoms with Gasteiger partial charge in [0.05, 0.1) is 22.9 Å². The molecule has 0 unspecified atom stereocenters. The Balaban J connectivity index is 1.70. The van der Waals surface area contributed by atoms with Crippen LogP contribution in [0.3, 0.4) is 0 Å². The van der Waals surface area contributed by atoms with Crippen molar-refractivity contribution >= 4 is 11.7 Å². The standard InChI is InChI=1S/C17H22N2O2/c1-10-15(11(2)20)9-18-19(10)16(21)17-6-12-3-13(7-17)5-14(4-12)8-17/h9,12-14H,3-8H2,1-2H3. The number of hydrogen-bond donors (Lipinski definition) is 0. The number of hydrogen-bond acceptors (Lipinski definition) is 3. The minimum absolute atomic E-state index is 0.0166. The Bertz CT molecular complexity index is 593. The van der Waals surface area contributed by atoms with Gasteiger partial charge in [-0.05, 0) is 70.1 Å². The van der Waals surface area contributed by atoms with Gasteiger partial charge in [-0.2, -0.15) is 5.10 Å². The number of carbonyl (C=O) groups excluding carboxylic acids is 2. The minimum atomic E-state index is -0.195. The topological polar surface area (TPSA) is 52.0 Å². The zero-order valence-electron chi connectivity index (χ0n) is 12.8. The smallest absolute Gasteiger partial charge is 0.253 e. The van der Waals surface area contributed by atoms with Gasteiger partial charge in [0, 0.05) is 0 Å².